The minimum absolute atomic E-state index is 0.0423. The summed E-state index contributed by atoms with van der Waals surface area (Å²) >= 11 is 1.53. The van der Waals surface area contributed by atoms with E-state index in [1.54, 1.807) is 13.8 Å². The van der Waals surface area contributed by atoms with Crippen LogP contribution in [-0.2, 0) is 24.1 Å². The maximum atomic E-state index is 12.6. The maximum absolute atomic E-state index is 12.6. The Morgan fingerprint density at radius 3 is 2.96 bits per heavy atom. The minimum Gasteiger partial charge on any atom is -0.302 e. The molecule has 3 aromatic rings. The lowest BCUT2D eigenvalue weighted by atomic mass is 9.93. The normalized spacial score (nSPS) is 16.7. The van der Waals surface area contributed by atoms with Crippen LogP contribution >= 0.6 is 11.3 Å². The molecule has 0 bridgehead atoms. The molecule has 1 aliphatic carbocycles. The van der Waals surface area contributed by atoms with Gasteiger partial charge in [-0.25, -0.2) is 9.97 Å². The van der Waals surface area contributed by atoms with Gasteiger partial charge in [-0.1, -0.05) is 6.92 Å². The number of H-pyrrole nitrogens is 1. The second kappa shape index (κ2) is 6.31. The molecule has 9 heteroatoms. The molecule has 1 unspecified atom stereocenters. The predicted molar refractivity (Wildman–Crippen MR) is 98.7 cm³/mol. The molecule has 8 nitrogen and oxygen atoms in total. The van der Waals surface area contributed by atoms with E-state index in [0.29, 0.717) is 33.9 Å². The molecule has 26 heavy (non-hydrogen) atoms. The van der Waals surface area contributed by atoms with E-state index in [1.807, 2.05) is 0 Å². The SMILES string of the molecule is Cc1nc2nc(C)c(CC(=O)Nc3nc4c(s3)CC(C)CC4)c(=O)n2[nH]1. The summed E-state index contributed by atoms with van der Waals surface area (Å²) in [6, 6.07) is 0. The van der Waals surface area contributed by atoms with Crippen LogP contribution in [-0.4, -0.2) is 30.5 Å². The Bertz CT molecular complexity index is 1060. The van der Waals surface area contributed by atoms with Gasteiger partial charge in [0.15, 0.2) is 5.13 Å². The van der Waals surface area contributed by atoms with Gasteiger partial charge >= 0.3 is 0 Å². The van der Waals surface area contributed by atoms with Crippen molar-refractivity contribution in [2.75, 3.05) is 5.32 Å². The van der Waals surface area contributed by atoms with Crippen LogP contribution in [0.1, 0.15) is 41.0 Å². The summed E-state index contributed by atoms with van der Waals surface area (Å²) in [4.78, 5) is 39.3. The number of aromatic nitrogens is 5. The lowest BCUT2D eigenvalue weighted by Gasteiger charge is -2.15. The Morgan fingerprint density at radius 2 is 2.15 bits per heavy atom. The molecule has 136 valence electrons. The first-order chi connectivity index (χ1) is 12.4. The number of anilines is 1. The smallest absolute Gasteiger partial charge is 0.277 e. The Hall–Kier alpha value is -2.55. The van der Waals surface area contributed by atoms with Crippen LogP contribution < -0.4 is 10.9 Å². The average molecular weight is 372 g/mol. The molecule has 1 amide bonds. The van der Waals surface area contributed by atoms with Gasteiger partial charge in [-0.15, -0.1) is 11.3 Å². The molecule has 1 atom stereocenters. The third kappa shape index (κ3) is 3.03. The lowest BCUT2D eigenvalue weighted by molar-refractivity contribution is -0.115. The zero-order valence-electron chi connectivity index (χ0n) is 14.9. The second-order valence-corrected chi connectivity index (χ2v) is 7.97. The van der Waals surface area contributed by atoms with Gasteiger partial charge in [-0.05, 0) is 39.0 Å². The number of amides is 1. The molecule has 1 aliphatic rings. The number of hydrogen-bond donors (Lipinski definition) is 2. The summed E-state index contributed by atoms with van der Waals surface area (Å²) in [6.07, 6.45) is 3.07. The summed E-state index contributed by atoms with van der Waals surface area (Å²) < 4.78 is 1.27. The number of carbonyl (C=O) groups excluding carboxylic acids is 1. The molecule has 0 saturated heterocycles. The molecule has 4 rings (SSSR count). The first kappa shape index (κ1) is 16.9. The second-order valence-electron chi connectivity index (χ2n) is 6.89. The predicted octanol–water partition coefficient (Wildman–Crippen LogP) is 1.80. The monoisotopic (exact) mass is 372 g/mol. The first-order valence-corrected chi connectivity index (χ1v) is 9.45. The number of carbonyl (C=O) groups is 1. The Labute approximate surface area is 153 Å². The molecular weight excluding hydrogens is 352 g/mol. The largest absolute Gasteiger partial charge is 0.302 e. The fraction of sp³-hybridized carbons (Fsp3) is 0.471. The van der Waals surface area contributed by atoms with Crippen LogP contribution in [0.25, 0.3) is 5.78 Å². The van der Waals surface area contributed by atoms with Gasteiger partial charge in [0.2, 0.25) is 5.91 Å². The number of nitrogens with one attached hydrogen (secondary N) is 2. The summed E-state index contributed by atoms with van der Waals surface area (Å²) in [6.45, 7) is 5.70. The van der Waals surface area contributed by atoms with E-state index in [-0.39, 0.29) is 17.9 Å². The molecule has 3 heterocycles. The van der Waals surface area contributed by atoms with Crippen molar-refractivity contribution < 1.29 is 4.79 Å². The van der Waals surface area contributed by atoms with E-state index in [1.165, 1.54) is 20.7 Å². The quantitative estimate of drug-likeness (QED) is 0.729. The van der Waals surface area contributed by atoms with Gasteiger partial charge in [0.1, 0.15) is 5.82 Å². The number of hydrogen-bond acceptors (Lipinski definition) is 6. The van der Waals surface area contributed by atoms with Crippen molar-refractivity contribution in [1.82, 2.24) is 24.6 Å². The summed E-state index contributed by atoms with van der Waals surface area (Å²) in [7, 11) is 0. The number of thiazole rings is 1. The molecular formula is C17H20N6O2S. The third-order valence-corrected chi connectivity index (χ3v) is 5.71. The molecule has 0 aromatic carbocycles. The van der Waals surface area contributed by atoms with Crippen LogP contribution in [0, 0.1) is 19.8 Å². The zero-order chi connectivity index (χ0) is 18.4. The lowest BCUT2D eigenvalue weighted by Crippen LogP contribution is -2.26. The van der Waals surface area contributed by atoms with Gasteiger partial charge in [0.25, 0.3) is 11.3 Å². The molecule has 0 radical (unpaired) electrons. The minimum atomic E-state index is -0.296. The maximum Gasteiger partial charge on any atom is 0.277 e. The molecule has 0 fully saturated rings. The highest BCUT2D eigenvalue weighted by Gasteiger charge is 2.21. The van der Waals surface area contributed by atoms with Crippen molar-refractivity contribution in [2.45, 2.75) is 46.5 Å². The fourth-order valence-corrected chi connectivity index (χ4v) is 4.47. The molecule has 3 aromatic heterocycles. The third-order valence-electron chi connectivity index (χ3n) is 4.68. The fourth-order valence-electron chi connectivity index (χ4n) is 3.28. The molecule has 0 aliphatic heterocycles. The highest BCUT2D eigenvalue weighted by Crippen LogP contribution is 2.32. The molecule has 0 spiro atoms. The number of aromatic amines is 1. The summed E-state index contributed by atoms with van der Waals surface area (Å²) in [5, 5.41) is 6.29. The van der Waals surface area contributed by atoms with Gasteiger partial charge in [-0.2, -0.15) is 9.50 Å². The number of aryl methyl sites for hydroxylation is 3. The number of fused-ring (bicyclic) bond motifs is 2. The number of rotatable bonds is 3. The van der Waals surface area contributed by atoms with Crippen molar-refractivity contribution in [2.24, 2.45) is 5.92 Å². The van der Waals surface area contributed by atoms with Crippen molar-refractivity contribution in [3.05, 3.63) is 38.0 Å². The van der Waals surface area contributed by atoms with E-state index in [9.17, 15) is 9.59 Å². The Morgan fingerprint density at radius 1 is 1.35 bits per heavy atom. The average Bonchev–Trinajstić information content (AvgIpc) is 3.13. The van der Waals surface area contributed by atoms with E-state index in [4.69, 9.17) is 0 Å². The van der Waals surface area contributed by atoms with Crippen LogP contribution in [0.15, 0.2) is 4.79 Å². The van der Waals surface area contributed by atoms with Crippen molar-refractivity contribution in [3.63, 3.8) is 0 Å². The highest BCUT2D eigenvalue weighted by atomic mass is 32.1. The van der Waals surface area contributed by atoms with E-state index in [0.717, 1.165) is 25.0 Å². The van der Waals surface area contributed by atoms with Crippen molar-refractivity contribution in [1.29, 1.82) is 0 Å². The first-order valence-electron chi connectivity index (χ1n) is 8.64. The number of nitrogens with zero attached hydrogens (tertiary/aromatic N) is 4. The highest BCUT2D eigenvalue weighted by molar-refractivity contribution is 7.15. The van der Waals surface area contributed by atoms with Gasteiger partial charge < -0.3 is 5.32 Å². The van der Waals surface area contributed by atoms with Gasteiger partial charge in [0, 0.05) is 4.88 Å². The van der Waals surface area contributed by atoms with E-state index >= 15 is 0 Å². The summed E-state index contributed by atoms with van der Waals surface area (Å²) in [5.41, 5.74) is 1.67. The van der Waals surface area contributed by atoms with E-state index < -0.39 is 0 Å². The topological polar surface area (TPSA) is 105 Å². The zero-order valence-corrected chi connectivity index (χ0v) is 15.7. The Balaban J connectivity index is 1.55. The van der Waals surface area contributed by atoms with Crippen molar-refractivity contribution >= 4 is 28.2 Å². The van der Waals surface area contributed by atoms with Gasteiger partial charge in [0.05, 0.1) is 23.4 Å². The van der Waals surface area contributed by atoms with Crippen LogP contribution in [0.4, 0.5) is 5.13 Å². The summed E-state index contributed by atoms with van der Waals surface area (Å²) in [5.74, 6) is 1.31. The molecule has 0 saturated carbocycles. The standard InChI is InChI=1S/C17H20N6O2S/c1-8-4-5-12-13(6-8)26-17(20-12)21-14(24)7-11-9(2)18-16-19-10(3)22-23(16)15(11)25/h8H,4-7H2,1-3H3,(H,18,19,22)(H,20,21,24). The Kier molecular flexibility index (Phi) is 4.10. The van der Waals surface area contributed by atoms with Crippen molar-refractivity contribution in [3.8, 4) is 0 Å². The van der Waals surface area contributed by atoms with Crippen LogP contribution in [0.5, 0.6) is 0 Å². The van der Waals surface area contributed by atoms with E-state index in [2.05, 4.69) is 32.3 Å². The molecule has 2 N–H and O–H groups in total. The van der Waals surface area contributed by atoms with Crippen LogP contribution in [0.3, 0.4) is 0 Å². The van der Waals surface area contributed by atoms with Gasteiger partial charge in [-0.3, -0.25) is 14.7 Å². The van der Waals surface area contributed by atoms with Crippen LogP contribution in [0.2, 0.25) is 0 Å².